The molecule has 1 aliphatic rings. The summed E-state index contributed by atoms with van der Waals surface area (Å²) in [5.74, 6) is -0.693. The fourth-order valence-electron chi connectivity index (χ4n) is 1.67. The van der Waals surface area contributed by atoms with Crippen LogP contribution in [0.1, 0.15) is 12.0 Å². The third kappa shape index (κ3) is 1.55. The average Bonchev–Trinajstić information content (AvgIpc) is 2.16. The number of aryl methyl sites for hydroxylation is 1. The highest BCUT2D eigenvalue weighted by Gasteiger charge is 2.21. The summed E-state index contributed by atoms with van der Waals surface area (Å²) >= 11 is 0. The molecule has 0 saturated carbocycles. The zero-order chi connectivity index (χ0) is 10.1. The third-order valence-corrected chi connectivity index (χ3v) is 2.45. The molecule has 1 unspecified atom stereocenters. The standard InChI is InChI=1S/C10H11FN2O/c11-7-3-1-6-2-4-8(10(12)14)13-9(6)5-7/h1,3,5,8,13H,2,4H2,(H2,12,14). The highest BCUT2D eigenvalue weighted by molar-refractivity contribution is 5.84. The van der Waals surface area contributed by atoms with E-state index in [1.165, 1.54) is 12.1 Å². The molecule has 3 nitrogen and oxygen atoms in total. The van der Waals surface area contributed by atoms with Crippen LogP contribution >= 0.6 is 0 Å². The number of carbonyl (C=O) groups excluding carboxylic acids is 1. The van der Waals surface area contributed by atoms with Gasteiger partial charge in [0.25, 0.3) is 0 Å². The summed E-state index contributed by atoms with van der Waals surface area (Å²) in [6, 6.07) is 4.18. The van der Waals surface area contributed by atoms with Gasteiger partial charge in [-0.1, -0.05) is 6.07 Å². The first kappa shape index (κ1) is 8.99. The van der Waals surface area contributed by atoms with E-state index in [2.05, 4.69) is 5.32 Å². The fourth-order valence-corrected chi connectivity index (χ4v) is 1.67. The molecule has 0 fully saturated rings. The molecule has 0 aliphatic carbocycles. The van der Waals surface area contributed by atoms with Crippen molar-refractivity contribution in [1.82, 2.24) is 0 Å². The summed E-state index contributed by atoms with van der Waals surface area (Å²) in [6.45, 7) is 0. The van der Waals surface area contributed by atoms with Gasteiger partial charge in [0.05, 0.1) is 0 Å². The van der Waals surface area contributed by atoms with Gasteiger partial charge in [0.2, 0.25) is 5.91 Å². The van der Waals surface area contributed by atoms with Crippen molar-refractivity contribution in [2.45, 2.75) is 18.9 Å². The second kappa shape index (κ2) is 3.29. The van der Waals surface area contributed by atoms with Crippen molar-refractivity contribution in [1.29, 1.82) is 0 Å². The molecule has 1 aromatic rings. The first-order valence-electron chi connectivity index (χ1n) is 4.51. The number of anilines is 1. The van der Waals surface area contributed by atoms with Crippen LogP contribution in [0.3, 0.4) is 0 Å². The number of hydrogen-bond donors (Lipinski definition) is 2. The van der Waals surface area contributed by atoms with E-state index in [9.17, 15) is 9.18 Å². The second-order valence-electron chi connectivity index (χ2n) is 3.44. The SMILES string of the molecule is NC(=O)C1CCc2ccc(F)cc2N1. The Labute approximate surface area is 81.1 Å². The van der Waals surface area contributed by atoms with Gasteiger partial charge in [-0.05, 0) is 30.5 Å². The maximum atomic E-state index is 12.9. The van der Waals surface area contributed by atoms with Gasteiger partial charge >= 0.3 is 0 Å². The minimum Gasteiger partial charge on any atom is -0.373 e. The molecule has 4 heteroatoms. The molecule has 2 rings (SSSR count). The zero-order valence-electron chi connectivity index (χ0n) is 7.59. The third-order valence-electron chi connectivity index (χ3n) is 2.45. The van der Waals surface area contributed by atoms with Crippen molar-refractivity contribution in [3.63, 3.8) is 0 Å². The zero-order valence-corrected chi connectivity index (χ0v) is 7.59. The van der Waals surface area contributed by atoms with Crippen LogP contribution in [-0.2, 0) is 11.2 Å². The number of nitrogens with one attached hydrogen (secondary N) is 1. The van der Waals surface area contributed by atoms with Gasteiger partial charge in [0, 0.05) is 5.69 Å². The quantitative estimate of drug-likeness (QED) is 0.701. The molecule has 3 N–H and O–H groups in total. The monoisotopic (exact) mass is 194 g/mol. The number of primary amides is 1. The topological polar surface area (TPSA) is 55.1 Å². The van der Waals surface area contributed by atoms with E-state index in [0.29, 0.717) is 12.1 Å². The number of halogens is 1. The molecule has 1 heterocycles. The Bertz CT molecular complexity index is 378. The van der Waals surface area contributed by atoms with E-state index in [1.54, 1.807) is 6.07 Å². The molecular weight excluding hydrogens is 183 g/mol. The molecule has 0 bridgehead atoms. The molecule has 0 spiro atoms. The molecule has 1 atom stereocenters. The fraction of sp³-hybridized carbons (Fsp3) is 0.300. The van der Waals surface area contributed by atoms with Crippen LogP contribution in [0.4, 0.5) is 10.1 Å². The van der Waals surface area contributed by atoms with Gasteiger partial charge < -0.3 is 11.1 Å². The first-order valence-corrected chi connectivity index (χ1v) is 4.51. The minimum atomic E-state index is -0.389. The van der Waals surface area contributed by atoms with Gasteiger partial charge in [0.1, 0.15) is 11.9 Å². The van der Waals surface area contributed by atoms with Crippen molar-refractivity contribution in [3.05, 3.63) is 29.6 Å². The van der Waals surface area contributed by atoms with Gasteiger partial charge in [-0.3, -0.25) is 4.79 Å². The van der Waals surface area contributed by atoms with E-state index in [1.807, 2.05) is 0 Å². The highest BCUT2D eigenvalue weighted by Crippen LogP contribution is 2.25. The Morgan fingerprint density at radius 1 is 1.57 bits per heavy atom. The number of rotatable bonds is 1. The summed E-state index contributed by atoms with van der Waals surface area (Å²) in [4.78, 5) is 10.9. The largest absolute Gasteiger partial charge is 0.373 e. The van der Waals surface area contributed by atoms with Crippen LogP contribution in [0.2, 0.25) is 0 Å². The second-order valence-corrected chi connectivity index (χ2v) is 3.44. The van der Waals surface area contributed by atoms with Crippen molar-refractivity contribution in [3.8, 4) is 0 Å². The first-order chi connectivity index (χ1) is 6.66. The maximum Gasteiger partial charge on any atom is 0.239 e. The van der Waals surface area contributed by atoms with E-state index < -0.39 is 0 Å². The van der Waals surface area contributed by atoms with Crippen molar-refractivity contribution >= 4 is 11.6 Å². The Kier molecular flexibility index (Phi) is 2.11. The minimum absolute atomic E-state index is 0.304. The molecule has 74 valence electrons. The Balaban J connectivity index is 2.29. The number of benzene rings is 1. The van der Waals surface area contributed by atoms with Crippen LogP contribution in [0, 0.1) is 5.82 Å². The lowest BCUT2D eigenvalue weighted by atomic mass is 9.98. The number of nitrogens with two attached hydrogens (primary N) is 1. The predicted molar refractivity (Wildman–Crippen MR) is 51.3 cm³/mol. The lowest BCUT2D eigenvalue weighted by Gasteiger charge is -2.24. The predicted octanol–water partition coefficient (Wildman–Crippen LogP) is 1.04. The summed E-state index contributed by atoms with van der Waals surface area (Å²) in [5.41, 5.74) is 6.88. The van der Waals surface area contributed by atoms with Gasteiger partial charge in [-0.15, -0.1) is 0 Å². The van der Waals surface area contributed by atoms with Crippen LogP contribution in [0.15, 0.2) is 18.2 Å². The lowest BCUT2D eigenvalue weighted by molar-refractivity contribution is -0.118. The summed E-state index contributed by atoms with van der Waals surface area (Å²) in [6.07, 6.45) is 1.43. The Morgan fingerprint density at radius 2 is 2.36 bits per heavy atom. The highest BCUT2D eigenvalue weighted by atomic mass is 19.1. The van der Waals surface area contributed by atoms with Crippen LogP contribution in [-0.4, -0.2) is 11.9 Å². The molecule has 14 heavy (non-hydrogen) atoms. The molecule has 1 aromatic carbocycles. The van der Waals surface area contributed by atoms with Crippen molar-refractivity contribution < 1.29 is 9.18 Å². The molecular formula is C10H11FN2O. The molecule has 0 aromatic heterocycles. The van der Waals surface area contributed by atoms with Crippen LogP contribution < -0.4 is 11.1 Å². The lowest BCUT2D eigenvalue weighted by Crippen LogP contribution is -2.38. The molecule has 0 saturated heterocycles. The van der Waals surface area contributed by atoms with Crippen molar-refractivity contribution in [2.75, 3.05) is 5.32 Å². The van der Waals surface area contributed by atoms with Crippen LogP contribution in [0.5, 0.6) is 0 Å². The van der Waals surface area contributed by atoms with Gasteiger partial charge in [0.15, 0.2) is 0 Å². The Hall–Kier alpha value is -1.58. The van der Waals surface area contributed by atoms with E-state index >= 15 is 0 Å². The van der Waals surface area contributed by atoms with Crippen molar-refractivity contribution in [2.24, 2.45) is 5.73 Å². The maximum absolute atomic E-state index is 12.9. The summed E-state index contributed by atoms with van der Waals surface area (Å²) < 4.78 is 12.9. The molecule has 0 radical (unpaired) electrons. The number of carbonyl (C=O) groups is 1. The number of hydrogen-bond acceptors (Lipinski definition) is 2. The van der Waals surface area contributed by atoms with E-state index in [0.717, 1.165) is 12.0 Å². The Morgan fingerprint density at radius 3 is 3.07 bits per heavy atom. The molecule has 1 aliphatic heterocycles. The van der Waals surface area contributed by atoms with E-state index in [-0.39, 0.29) is 17.8 Å². The van der Waals surface area contributed by atoms with Crippen LogP contribution in [0.25, 0.3) is 0 Å². The summed E-state index contributed by atoms with van der Waals surface area (Å²) in [5, 5.41) is 2.92. The smallest absolute Gasteiger partial charge is 0.239 e. The average molecular weight is 194 g/mol. The molecule has 1 amide bonds. The van der Waals surface area contributed by atoms with E-state index in [4.69, 9.17) is 5.73 Å². The van der Waals surface area contributed by atoms with Gasteiger partial charge in [-0.2, -0.15) is 0 Å². The summed E-state index contributed by atoms with van der Waals surface area (Å²) in [7, 11) is 0. The normalized spacial score (nSPS) is 19.6. The number of amides is 1. The van der Waals surface area contributed by atoms with Gasteiger partial charge in [-0.25, -0.2) is 4.39 Å². The number of fused-ring (bicyclic) bond motifs is 1.